The number of thiophene rings is 1. The Bertz CT molecular complexity index is 887. The van der Waals surface area contributed by atoms with Crippen molar-refractivity contribution in [2.24, 2.45) is 0 Å². The lowest BCUT2D eigenvalue weighted by molar-refractivity contribution is 0.669. The monoisotopic (exact) mass is 366 g/mol. The number of hydrogen-bond acceptors (Lipinski definition) is 5. The lowest BCUT2D eigenvalue weighted by Gasteiger charge is -2.11. The van der Waals surface area contributed by atoms with Gasteiger partial charge in [-0.15, -0.1) is 21.5 Å². The fourth-order valence-corrected chi connectivity index (χ4v) is 4.50. The first-order valence-corrected chi connectivity index (χ1v) is 10.1. The Morgan fingerprint density at radius 3 is 2.72 bits per heavy atom. The van der Waals surface area contributed by atoms with Gasteiger partial charge in [-0.2, -0.15) is 5.26 Å². The van der Waals surface area contributed by atoms with Crippen molar-refractivity contribution in [2.45, 2.75) is 42.6 Å². The Hall–Kier alpha value is -2.10. The van der Waals surface area contributed by atoms with E-state index in [-0.39, 0.29) is 5.25 Å². The molecule has 6 heteroatoms. The van der Waals surface area contributed by atoms with E-state index in [4.69, 9.17) is 0 Å². The van der Waals surface area contributed by atoms with Gasteiger partial charge in [-0.1, -0.05) is 47.7 Å². The van der Waals surface area contributed by atoms with Gasteiger partial charge in [-0.3, -0.25) is 4.57 Å². The van der Waals surface area contributed by atoms with Gasteiger partial charge in [0.1, 0.15) is 5.25 Å². The van der Waals surface area contributed by atoms with Crippen LogP contribution < -0.4 is 0 Å². The van der Waals surface area contributed by atoms with Gasteiger partial charge in [0, 0.05) is 6.04 Å². The van der Waals surface area contributed by atoms with E-state index >= 15 is 0 Å². The van der Waals surface area contributed by atoms with Crippen molar-refractivity contribution in [2.75, 3.05) is 0 Å². The maximum Gasteiger partial charge on any atom is 0.193 e. The summed E-state index contributed by atoms with van der Waals surface area (Å²) >= 11 is 3.21. The fraction of sp³-hybridized carbons (Fsp3) is 0.316. The van der Waals surface area contributed by atoms with Crippen molar-refractivity contribution in [3.05, 3.63) is 52.9 Å². The average molecular weight is 367 g/mol. The molecule has 0 N–H and O–H groups in total. The maximum absolute atomic E-state index is 9.61. The zero-order valence-corrected chi connectivity index (χ0v) is 15.6. The quantitative estimate of drug-likeness (QED) is 0.584. The van der Waals surface area contributed by atoms with Crippen LogP contribution in [-0.2, 0) is 6.42 Å². The van der Waals surface area contributed by atoms with Crippen LogP contribution in [-0.4, -0.2) is 20.0 Å². The molecule has 3 aromatic rings. The molecule has 4 rings (SSSR count). The van der Waals surface area contributed by atoms with Crippen LogP contribution in [0.25, 0.3) is 10.7 Å². The van der Waals surface area contributed by atoms with E-state index < -0.39 is 0 Å². The predicted octanol–water partition coefficient (Wildman–Crippen LogP) is 4.88. The van der Waals surface area contributed by atoms with Crippen molar-refractivity contribution >= 4 is 23.1 Å². The van der Waals surface area contributed by atoms with Crippen molar-refractivity contribution in [3.8, 4) is 16.8 Å². The highest BCUT2D eigenvalue weighted by molar-refractivity contribution is 8.00. The number of aryl methyl sites for hydroxylation is 1. The second-order valence-corrected chi connectivity index (χ2v) is 8.43. The van der Waals surface area contributed by atoms with Crippen molar-refractivity contribution < 1.29 is 0 Å². The average Bonchev–Trinajstić information content (AvgIpc) is 3.15. The van der Waals surface area contributed by atoms with Crippen LogP contribution in [0, 0.1) is 18.3 Å². The summed E-state index contributed by atoms with van der Waals surface area (Å²) in [5.74, 6) is 0.937. The molecule has 25 heavy (non-hydrogen) atoms. The smallest absolute Gasteiger partial charge is 0.193 e. The maximum atomic E-state index is 9.61. The van der Waals surface area contributed by atoms with Crippen LogP contribution in [0.3, 0.4) is 0 Å². The summed E-state index contributed by atoms with van der Waals surface area (Å²) in [6.45, 7) is 2.07. The van der Waals surface area contributed by atoms with Gasteiger partial charge in [0.05, 0.1) is 10.9 Å². The molecule has 1 aliphatic carbocycles. The Morgan fingerprint density at radius 2 is 2.08 bits per heavy atom. The second kappa shape index (κ2) is 7.03. The van der Waals surface area contributed by atoms with Crippen LogP contribution in [0.2, 0.25) is 0 Å². The second-order valence-electron chi connectivity index (χ2n) is 6.31. The SMILES string of the molecule is Cc1ccc(CC(C#N)Sc2nnc(-c3cccs3)n2C2CC2)cc1. The van der Waals surface area contributed by atoms with Crippen molar-refractivity contribution in [1.82, 2.24) is 14.8 Å². The van der Waals surface area contributed by atoms with E-state index in [1.807, 2.05) is 6.07 Å². The largest absolute Gasteiger partial charge is 0.298 e. The molecule has 1 aliphatic rings. The molecule has 2 aromatic heterocycles. The van der Waals surface area contributed by atoms with Crippen LogP contribution in [0.15, 0.2) is 46.9 Å². The molecule has 2 heterocycles. The van der Waals surface area contributed by atoms with Crippen LogP contribution >= 0.6 is 23.1 Å². The van der Waals surface area contributed by atoms with Gasteiger partial charge in [-0.25, -0.2) is 0 Å². The molecule has 1 saturated carbocycles. The van der Waals surface area contributed by atoms with E-state index in [1.165, 1.54) is 35.7 Å². The number of thioether (sulfide) groups is 1. The molecule has 4 nitrogen and oxygen atoms in total. The predicted molar refractivity (Wildman–Crippen MR) is 102 cm³/mol. The Kier molecular flexibility index (Phi) is 4.60. The van der Waals surface area contributed by atoms with Gasteiger partial charge in [-0.05, 0) is 43.2 Å². The highest BCUT2D eigenvalue weighted by atomic mass is 32.2. The zero-order valence-electron chi connectivity index (χ0n) is 13.9. The number of benzene rings is 1. The molecule has 0 spiro atoms. The van der Waals surface area contributed by atoms with Crippen molar-refractivity contribution in [3.63, 3.8) is 0 Å². The number of rotatable bonds is 6. The summed E-state index contributed by atoms with van der Waals surface area (Å²) < 4.78 is 2.23. The van der Waals surface area contributed by atoms with Gasteiger partial charge >= 0.3 is 0 Å². The summed E-state index contributed by atoms with van der Waals surface area (Å²) in [5, 5.41) is 21.2. The lowest BCUT2D eigenvalue weighted by Crippen LogP contribution is -2.07. The first kappa shape index (κ1) is 16.4. The first-order valence-electron chi connectivity index (χ1n) is 8.35. The summed E-state index contributed by atoms with van der Waals surface area (Å²) in [6, 6.07) is 15.4. The topological polar surface area (TPSA) is 54.5 Å². The van der Waals surface area contributed by atoms with E-state index in [9.17, 15) is 5.26 Å². The Labute approximate surface area is 155 Å². The van der Waals surface area contributed by atoms with E-state index in [1.54, 1.807) is 11.3 Å². The molecule has 0 amide bonds. The lowest BCUT2D eigenvalue weighted by atomic mass is 10.1. The third-order valence-electron chi connectivity index (χ3n) is 4.25. The highest BCUT2D eigenvalue weighted by Gasteiger charge is 2.31. The molecule has 0 bridgehead atoms. The molecule has 1 aromatic carbocycles. The number of aromatic nitrogens is 3. The minimum atomic E-state index is -0.166. The number of nitrogens with zero attached hydrogens (tertiary/aromatic N) is 4. The molecule has 1 unspecified atom stereocenters. The molecule has 0 saturated heterocycles. The molecule has 1 atom stereocenters. The molecular weight excluding hydrogens is 348 g/mol. The first-order chi connectivity index (χ1) is 12.2. The number of hydrogen-bond donors (Lipinski definition) is 0. The zero-order chi connectivity index (χ0) is 17.2. The van der Waals surface area contributed by atoms with E-state index in [0.29, 0.717) is 12.5 Å². The highest BCUT2D eigenvalue weighted by Crippen LogP contribution is 2.42. The van der Waals surface area contributed by atoms with Crippen LogP contribution in [0.4, 0.5) is 0 Å². The standard InChI is InChI=1S/C19H18N4S2/c1-13-4-6-14(7-5-13)11-16(12-20)25-19-22-21-18(17-3-2-10-24-17)23(19)15-8-9-15/h2-7,10,15-16H,8-9,11H2,1H3. The summed E-state index contributed by atoms with van der Waals surface area (Å²) in [7, 11) is 0. The molecule has 0 radical (unpaired) electrons. The summed E-state index contributed by atoms with van der Waals surface area (Å²) in [5.41, 5.74) is 2.42. The minimum absolute atomic E-state index is 0.166. The van der Waals surface area contributed by atoms with Crippen LogP contribution in [0.1, 0.15) is 30.0 Å². The summed E-state index contributed by atoms with van der Waals surface area (Å²) in [6.07, 6.45) is 3.05. The molecule has 1 fully saturated rings. The van der Waals surface area contributed by atoms with Gasteiger partial charge in [0.2, 0.25) is 0 Å². The Balaban J connectivity index is 1.57. The third kappa shape index (κ3) is 3.63. The molecule has 0 aliphatic heterocycles. The van der Waals surface area contributed by atoms with E-state index in [0.717, 1.165) is 15.9 Å². The van der Waals surface area contributed by atoms with Crippen molar-refractivity contribution in [1.29, 1.82) is 5.26 Å². The van der Waals surface area contributed by atoms with Gasteiger partial charge in [0.25, 0.3) is 0 Å². The minimum Gasteiger partial charge on any atom is -0.298 e. The third-order valence-corrected chi connectivity index (χ3v) is 6.16. The van der Waals surface area contributed by atoms with Gasteiger partial charge < -0.3 is 0 Å². The summed E-state index contributed by atoms with van der Waals surface area (Å²) in [4.78, 5) is 1.14. The molecule has 126 valence electrons. The number of nitriles is 1. The molecular formula is C19H18N4S2. The van der Waals surface area contributed by atoms with E-state index in [2.05, 4.69) is 63.5 Å². The van der Waals surface area contributed by atoms with Crippen LogP contribution in [0.5, 0.6) is 0 Å². The Morgan fingerprint density at radius 1 is 1.28 bits per heavy atom. The van der Waals surface area contributed by atoms with Gasteiger partial charge in [0.15, 0.2) is 11.0 Å². The normalized spacial score (nSPS) is 15.0. The fourth-order valence-electron chi connectivity index (χ4n) is 2.77.